The van der Waals surface area contributed by atoms with Gasteiger partial charge in [0, 0.05) is 19.5 Å². The first-order valence-corrected chi connectivity index (χ1v) is 5.88. The minimum atomic E-state index is 0.548. The van der Waals surface area contributed by atoms with Crippen molar-refractivity contribution < 1.29 is 4.74 Å². The number of aryl methyl sites for hydroxylation is 1. The third kappa shape index (κ3) is 3.09. The maximum Gasteiger partial charge on any atom is 0.148 e. The highest BCUT2D eigenvalue weighted by Crippen LogP contribution is 2.19. The number of hydrogen-bond acceptors (Lipinski definition) is 5. The molecular formula is C13H15N5O. The first-order valence-electron chi connectivity index (χ1n) is 5.88. The molecule has 98 valence electrons. The standard InChI is InChI=1S/C13H15N5O/c1-10-3-4-15-13(12(10)7-14)17-11-8-16-18(9-11)5-6-19-2/h3-4,8-9H,5-6H2,1-2H3,(H,15,17). The number of aromatic nitrogens is 3. The molecule has 0 unspecified atom stereocenters. The fourth-order valence-corrected chi connectivity index (χ4v) is 1.67. The summed E-state index contributed by atoms with van der Waals surface area (Å²) in [4.78, 5) is 4.18. The summed E-state index contributed by atoms with van der Waals surface area (Å²) in [5.41, 5.74) is 2.24. The van der Waals surface area contributed by atoms with Crippen LogP contribution in [-0.2, 0) is 11.3 Å². The zero-order valence-corrected chi connectivity index (χ0v) is 10.9. The van der Waals surface area contributed by atoms with Crippen molar-refractivity contribution >= 4 is 11.5 Å². The quantitative estimate of drug-likeness (QED) is 0.884. The van der Waals surface area contributed by atoms with Crippen molar-refractivity contribution in [1.82, 2.24) is 14.8 Å². The SMILES string of the molecule is COCCn1cc(Nc2nccc(C)c2C#N)cn1. The van der Waals surface area contributed by atoms with Crippen LogP contribution >= 0.6 is 0 Å². The Balaban J connectivity index is 2.15. The summed E-state index contributed by atoms with van der Waals surface area (Å²) >= 11 is 0. The maximum absolute atomic E-state index is 9.13. The molecule has 0 radical (unpaired) electrons. The molecule has 0 aliphatic heterocycles. The lowest BCUT2D eigenvalue weighted by atomic mass is 10.1. The second-order valence-corrected chi connectivity index (χ2v) is 4.07. The molecular weight excluding hydrogens is 242 g/mol. The normalized spacial score (nSPS) is 10.2. The average Bonchev–Trinajstić information content (AvgIpc) is 2.84. The summed E-state index contributed by atoms with van der Waals surface area (Å²) in [5, 5.41) is 16.4. The Bertz CT molecular complexity index is 599. The van der Waals surface area contributed by atoms with E-state index in [2.05, 4.69) is 21.5 Å². The molecule has 1 N–H and O–H groups in total. The Hall–Kier alpha value is -2.39. The number of hydrogen-bond donors (Lipinski definition) is 1. The molecule has 0 fully saturated rings. The van der Waals surface area contributed by atoms with E-state index < -0.39 is 0 Å². The Kier molecular flexibility index (Phi) is 4.11. The number of nitriles is 1. The largest absolute Gasteiger partial charge is 0.383 e. The molecule has 2 heterocycles. The Morgan fingerprint density at radius 2 is 2.37 bits per heavy atom. The Morgan fingerprint density at radius 3 is 3.11 bits per heavy atom. The highest BCUT2D eigenvalue weighted by Gasteiger charge is 2.07. The van der Waals surface area contributed by atoms with E-state index >= 15 is 0 Å². The monoisotopic (exact) mass is 257 g/mol. The van der Waals surface area contributed by atoms with E-state index in [1.54, 1.807) is 24.2 Å². The molecule has 0 saturated heterocycles. The predicted molar refractivity (Wildman–Crippen MR) is 71.1 cm³/mol. The van der Waals surface area contributed by atoms with Crippen LogP contribution in [0.5, 0.6) is 0 Å². The lowest BCUT2D eigenvalue weighted by molar-refractivity contribution is 0.183. The van der Waals surface area contributed by atoms with E-state index in [-0.39, 0.29) is 0 Å². The number of rotatable bonds is 5. The second-order valence-electron chi connectivity index (χ2n) is 4.07. The summed E-state index contributed by atoms with van der Waals surface area (Å²) in [6.45, 7) is 3.17. The van der Waals surface area contributed by atoms with E-state index in [0.717, 1.165) is 11.3 Å². The van der Waals surface area contributed by atoms with Crippen molar-refractivity contribution in [3.63, 3.8) is 0 Å². The van der Waals surface area contributed by atoms with Crippen LogP contribution in [0.25, 0.3) is 0 Å². The van der Waals surface area contributed by atoms with Crippen molar-refractivity contribution in [3.8, 4) is 6.07 Å². The highest BCUT2D eigenvalue weighted by molar-refractivity contribution is 5.63. The molecule has 0 aliphatic carbocycles. The molecule has 0 aromatic carbocycles. The van der Waals surface area contributed by atoms with Crippen LogP contribution in [0.1, 0.15) is 11.1 Å². The van der Waals surface area contributed by atoms with Crippen LogP contribution in [0.15, 0.2) is 24.7 Å². The van der Waals surface area contributed by atoms with Crippen LogP contribution < -0.4 is 5.32 Å². The molecule has 19 heavy (non-hydrogen) atoms. The summed E-state index contributed by atoms with van der Waals surface area (Å²) in [6, 6.07) is 3.96. The van der Waals surface area contributed by atoms with Gasteiger partial charge in [-0.05, 0) is 18.6 Å². The van der Waals surface area contributed by atoms with E-state index in [1.165, 1.54) is 0 Å². The zero-order chi connectivity index (χ0) is 13.7. The highest BCUT2D eigenvalue weighted by atomic mass is 16.5. The number of ether oxygens (including phenoxy) is 1. The number of methoxy groups -OCH3 is 1. The van der Waals surface area contributed by atoms with Gasteiger partial charge < -0.3 is 10.1 Å². The molecule has 2 aromatic rings. The molecule has 0 saturated carbocycles. The van der Waals surface area contributed by atoms with Gasteiger partial charge in [0.15, 0.2) is 0 Å². The molecule has 0 bridgehead atoms. The molecule has 2 aromatic heterocycles. The van der Waals surface area contributed by atoms with Gasteiger partial charge in [-0.2, -0.15) is 10.4 Å². The summed E-state index contributed by atoms with van der Waals surface area (Å²) in [5.74, 6) is 0.550. The molecule has 0 amide bonds. The van der Waals surface area contributed by atoms with Gasteiger partial charge in [0.2, 0.25) is 0 Å². The number of nitrogens with zero attached hydrogens (tertiary/aromatic N) is 4. The van der Waals surface area contributed by atoms with Gasteiger partial charge in [-0.1, -0.05) is 0 Å². The van der Waals surface area contributed by atoms with Gasteiger partial charge >= 0.3 is 0 Å². The maximum atomic E-state index is 9.13. The van der Waals surface area contributed by atoms with Crippen LogP contribution in [-0.4, -0.2) is 28.5 Å². The molecule has 0 spiro atoms. The van der Waals surface area contributed by atoms with E-state index in [4.69, 9.17) is 10.00 Å². The van der Waals surface area contributed by atoms with Crippen LogP contribution in [0, 0.1) is 18.3 Å². The fourth-order valence-electron chi connectivity index (χ4n) is 1.67. The van der Waals surface area contributed by atoms with Gasteiger partial charge in [0.1, 0.15) is 11.9 Å². The second kappa shape index (κ2) is 5.98. The Morgan fingerprint density at radius 1 is 1.53 bits per heavy atom. The predicted octanol–water partition coefficient (Wildman–Crippen LogP) is 1.85. The molecule has 0 atom stereocenters. The number of anilines is 2. The third-order valence-corrected chi connectivity index (χ3v) is 2.69. The van der Waals surface area contributed by atoms with Crippen LogP contribution in [0.3, 0.4) is 0 Å². The van der Waals surface area contributed by atoms with Crippen molar-refractivity contribution in [2.45, 2.75) is 13.5 Å². The van der Waals surface area contributed by atoms with Crippen molar-refractivity contribution in [1.29, 1.82) is 5.26 Å². The number of nitrogens with one attached hydrogen (secondary N) is 1. The smallest absolute Gasteiger partial charge is 0.148 e. The minimum absolute atomic E-state index is 0.548. The average molecular weight is 257 g/mol. The summed E-state index contributed by atoms with van der Waals surface area (Å²) < 4.78 is 6.76. The van der Waals surface area contributed by atoms with Gasteiger partial charge in [-0.3, -0.25) is 4.68 Å². The molecule has 6 nitrogen and oxygen atoms in total. The van der Waals surface area contributed by atoms with Crippen LogP contribution in [0.4, 0.5) is 11.5 Å². The van der Waals surface area contributed by atoms with Crippen molar-refractivity contribution in [2.75, 3.05) is 19.0 Å². The molecule has 6 heteroatoms. The van der Waals surface area contributed by atoms with Crippen molar-refractivity contribution in [3.05, 3.63) is 35.8 Å². The van der Waals surface area contributed by atoms with Gasteiger partial charge in [0.05, 0.1) is 30.6 Å². The van der Waals surface area contributed by atoms with E-state index in [1.807, 2.05) is 19.2 Å². The topological polar surface area (TPSA) is 75.8 Å². The fraction of sp³-hybridized carbons (Fsp3) is 0.308. The number of pyridine rings is 1. The lowest BCUT2D eigenvalue weighted by Gasteiger charge is -2.06. The van der Waals surface area contributed by atoms with Gasteiger partial charge in [-0.15, -0.1) is 0 Å². The van der Waals surface area contributed by atoms with E-state index in [9.17, 15) is 0 Å². The summed E-state index contributed by atoms with van der Waals surface area (Å²) in [7, 11) is 1.65. The molecule has 2 rings (SSSR count). The lowest BCUT2D eigenvalue weighted by Crippen LogP contribution is -2.04. The first-order chi connectivity index (χ1) is 9.24. The summed E-state index contributed by atoms with van der Waals surface area (Å²) in [6.07, 6.45) is 5.22. The zero-order valence-electron chi connectivity index (χ0n) is 10.9. The Labute approximate surface area is 111 Å². The third-order valence-electron chi connectivity index (χ3n) is 2.69. The first kappa shape index (κ1) is 13.1. The van der Waals surface area contributed by atoms with Crippen LogP contribution in [0.2, 0.25) is 0 Å². The van der Waals surface area contributed by atoms with E-state index in [0.29, 0.717) is 24.5 Å². The van der Waals surface area contributed by atoms with Gasteiger partial charge in [0.25, 0.3) is 0 Å². The minimum Gasteiger partial charge on any atom is -0.383 e. The van der Waals surface area contributed by atoms with Gasteiger partial charge in [-0.25, -0.2) is 4.98 Å². The molecule has 0 aliphatic rings. The van der Waals surface area contributed by atoms with Crippen molar-refractivity contribution in [2.24, 2.45) is 0 Å².